The molecule has 30 heavy (non-hydrogen) atoms. The van der Waals surface area contributed by atoms with E-state index in [9.17, 15) is 18.0 Å². The van der Waals surface area contributed by atoms with E-state index in [0.29, 0.717) is 37.4 Å². The van der Waals surface area contributed by atoms with E-state index in [1.54, 1.807) is 18.1 Å². The second-order valence-electron chi connectivity index (χ2n) is 7.20. The van der Waals surface area contributed by atoms with Crippen molar-refractivity contribution in [3.63, 3.8) is 0 Å². The number of amides is 1. The van der Waals surface area contributed by atoms with E-state index in [4.69, 9.17) is 4.74 Å². The van der Waals surface area contributed by atoms with Gasteiger partial charge in [0.25, 0.3) is 11.6 Å². The Labute approximate surface area is 170 Å². The highest BCUT2D eigenvalue weighted by molar-refractivity contribution is 5.79. The summed E-state index contributed by atoms with van der Waals surface area (Å²) in [5.41, 5.74) is 1.50. The van der Waals surface area contributed by atoms with E-state index in [1.165, 1.54) is 10.7 Å². The summed E-state index contributed by atoms with van der Waals surface area (Å²) in [6.45, 7) is 1.05. The Morgan fingerprint density at radius 2 is 2.00 bits per heavy atom. The Hall–Kier alpha value is -3.17. The fraction of sp³-hybridized carbons (Fsp3) is 0.400. The first kappa shape index (κ1) is 20.1. The maximum absolute atomic E-state index is 12.9. The summed E-state index contributed by atoms with van der Waals surface area (Å²) in [6.07, 6.45) is -1.64. The lowest BCUT2D eigenvalue weighted by Crippen LogP contribution is -2.39. The molecular weight excluding hydrogens is 399 g/mol. The Morgan fingerprint density at radius 3 is 2.70 bits per heavy atom. The molecule has 10 heteroatoms. The Bertz CT molecular complexity index is 1060. The number of ether oxygens (including phenoxy) is 1. The molecule has 0 N–H and O–H groups in total. The van der Waals surface area contributed by atoms with Gasteiger partial charge in [0.2, 0.25) is 5.91 Å². The lowest BCUT2D eigenvalue weighted by atomic mass is 9.93. The maximum atomic E-state index is 12.9. The SMILES string of the molecule is COc1cccc(CC(=O)N2CCC(c3ccnc4nc(C(F)(F)F)nn34)CC2)c1. The zero-order valence-corrected chi connectivity index (χ0v) is 16.3. The fourth-order valence-corrected chi connectivity index (χ4v) is 3.73. The van der Waals surface area contributed by atoms with Crippen LogP contribution in [0.1, 0.15) is 35.8 Å². The molecule has 0 atom stereocenters. The number of piperidine rings is 1. The van der Waals surface area contributed by atoms with Crippen LogP contribution >= 0.6 is 0 Å². The van der Waals surface area contributed by atoms with Crippen molar-refractivity contribution >= 4 is 11.7 Å². The third kappa shape index (κ3) is 4.07. The molecule has 0 aliphatic carbocycles. The number of likely N-dealkylation sites (tertiary alicyclic amines) is 1. The lowest BCUT2D eigenvalue weighted by molar-refractivity contribution is -0.144. The van der Waals surface area contributed by atoms with E-state index < -0.39 is 12.0 Å². The summed E-state index contributed by atoms with van der Waals surface area (Å²) < 4.78 is 45.2. The van der Waals surface area contributed by atoms with Crippen molar-refractivity contribution in [2.75, 3.05) is 20.2 Å². The minimum Gasteiger partial charge on any atom is -0.497 e. The van der Waals surface area contributed by atoms with Crippen LogP contribution in [0.15, 0.2) is 36.5 Å². The Kier molecular flexibility index (Phi) is 5.31. The third-order valence-electron chi connectivity index (χ3n) is 5.28. The molecule has 4 rings (SSSR count). The summed E-state index contributed by atoms with van der Waals surface area (Å²) in [6, 6.07) is 9.05. The van der Waals surface area contributed by atoms with Crippen molar-refractivity contribution in [2.24, 2.45) is 0 Å². The predicted molar refractivity (Wildman–Crippen MR) is 101 cm³/mol. The maximum Gasteiger partial charge on any atom is 0.453 e. The molecule has 1 aromatic carbocycles. The van der Waals surface area contributed by atoms with E-state index in [0.717, 1.165) is 5.56 Å². The molecule has 158 valence electrons. The standard InChI is InChI=1S/C20H20F3N5O2/c1-30-15-4-2-3-13(11-15)12-17(29)27-9-6-14(7-10-27)16-5-8-24-19-25-18(20(21,22)23)26-28(16)19/h2-5,8,11,14H,6-7,9-10,12H2,1H3. The second kappa shape index (κ2) is 7.92. The topological polar surface area (TPSA) is 72.6 Å². The van der Waals surface area contributed by atoms with Gasteiger partial charge in [-0.05, 0) is 36.6 Å². The normalized spacial score (nSPS) is 15.5. The fourth-order valence-electron chi connectivity index (χ4n) is 3.73. The Morgan fingerprint density at radius 1 is 1.23 bits per heavy atom. The average molecular weight is 419 g/mol. The second-order valence-corrected chi connectivity index (χ2v) is 7.20. The van der Waals surface area contributed by atoms with Crippen molar-refractivity contribution in [1.82, 2.24) is 24.5 Å². The smallest absolute Gasteiger partial charge is 0.453 e. The molecule has 3 aromatic rings. The summed E-state index contributed by atoms with van der Waals surface area (Å²) in [7, 11) is 1.58. The van der Waals surface area contributed by atoms with Gasteiger partial charge in [0.1, 0.15) is 5.75 Å². The summed E-state index contributed by atoms with van der Waals surface area (Å²) in [4.78, 5) is 21.8. The van der Waals surface area contributed by atoms with Gasteiger partial charge in [-0.15, -0.1) is 5.10 Å². The number of hydrogen-bond acceptors (Lipinski definition) is 5. The third-order valence-corrected chi connectivity index (χ3v) is 5.28. The number of fused-ring (bicyclic) bond motifs is 1. The number of halogens is 3. The van der Waals surface area contributed by atoms with Gasteiger partial charge in [-0.1, -0.05) is 12.1 Å². The first-order chi connectivity index (χ1) is 14.3. The van der Waals surface area contributed by atoms with Gasteiger partial charge >= 0.3 is 6.18 Å². The molecule has 1 aliphatic heterocycles. The molecule has 0 saturated carbocycles. The highest BCUT2D eigenvalue weighted by Gasteiger charge is 2.37. The van der Waals surface area contributed by atoms with Gasteiger partial charge in [-0.2, -0.15) is 18.2 Å². The highest BCUT2D eigenvalue weighted by Crippen LogP contribution is 2.30. The quantitative estimate of drug-likeness (QED) is 0.650. The van der Waals surface area contributed by atoms with Gasteiger partial charge in [0.05, 0.1) is 19.2 Å². The molecule has 7 nitrogen and oxygen atoms in total. The number of methoxy groups -OCH3 is 1. The van der Waals surface area contributed by atoms with Crippen LogP contribution in [0.3, 0.4) is 0 Å². The van der Waals surface area contributed by atoms with Crippen LogP contribution in [0.2, 0.25) is 0 Å². The van der Waals surface area contributed by atoms with E-state index >= 15 is 0 Å². The molecule has 1 aliphatic rings. The van der Waals surface area contributed by atoms with E-state index in [1.807, 2.05) is 24.3 Å². The Balaban J connectivity index is 1.44. The van der Waals surface area contributed by atoms with Crippen LogP contribution in [0.5, 0.6) is 5.75 Å². The summed E-state index contributed by atoms with van der Waals surface area (Å²) >= 11 is 0. The van der Waals surface area contributed by atoms with Crippen LogP contribution < -0.4 is 4.74 Å². The van der Waals surface area contributed by atoms with Gasteiger partial charge in [-0.25, -0.2) is 9.50 Å². The molecule has 1 fully saturated rings. The predicted octanol–water partition coefficient (Wildman–Crippen LogP) is 3.10. The van der Waals surface area contributed by atoms with Crippen LogP contribution in [-0.4, -0.2) is 50.6 Å². The lowest BCUT2D eigenvalue weighted by Gasteiger charge is -2.32. The van der Waals surface area contributed by atoms with Crippen LogP contribution in [0, 0.1) is 0 Å². The monoisotopic (exact) mass is 419 g/mol. The highest BCUT2D eigenvalue weighted by atomic mass is 19.4. The number of carbonyl (C=O) groups is 1. The number of hydrogen-bond donors (Lipinski definition) is 0. The van der Waals surface area contributed by atoms with Gasteiger partial charge < -0.3 is 9.64 Å². The minimum absolute atomic E-state index is 0.0155. The number of nitrogens with zero attached hydrogens (tertiary/aromatic N) is 5. The number of rotatable bonds is 4. The van der Waals surface area contributed by atoms with Gasteiger partial charge in [0.15, 0.2) is 0 Å². The van der Waals surface area contributed by atoms with E-state index in [2.05, 4.69) is 15.1 Å². The zero-order chi connectivity index (χ0) is 21.3. The van der Waals surface area contributed by atoms with Crippen molar-refractivity contribution in [3.05, 3.63) is 53.6 Å². The van der Waals surface area contributed by atoms with Crippen LogP contribution in [0.25, 0.3) is 5.78 Å². The molecule has 1 saturated heterocycles. The average Bonchev–Trinajstić information content (AvgIpc) is 3.19. The first-order valence-corrected chi connectivity index (χ1v) is 9.54. The van der Waals surface area contributed by atoms with Crippen LogP contribution in [-0.2, 0) is 17.4 Å². The van der Waals surface area contributed by atoms with Crippen molar-refractivity contribution in [3.8, 4) is 5.75 Å². The summed E-state index contributed by atoms with van der Waals surface area (Å²) in [5, 5.41) is 3.61. The van der Waals surface area contributed by atoms with Crippen molar-refractivity contribution in [1.29, 1.82) is 0 Å². The zero-order valence-electron chi connectivity index (χ0n) is 16.3. The number of carbonyl (C=O) groups excluding carboxylic acids is 1. The molecular formula is C20H20F3N5O2. The molecule has 0 spiro atoms. The number of aromatic nitrogens is 4. The van der Waals surface area contributed by atoms with Gasteiger partial charge in [-0.3, -0.25) is 4.79 Å². The van der Waals surface area contributed by atoms with Crippen LogP contribution in [0.4, 0.5) is 13.2 Å². The van der Waals surface area contributed by atoms with Crippen molar-refractivity contribution in [2.45, 2.75) is 31.4 Å². The molecule has 3 heterocycles. The molecule has 0 radical (unpaired) electrons. The molecule has 2 aromatic heterocycles. The van der Waals surface area contributed by atoms with E-state index in [-0.39, 0.29) is 24.0 Å². The van der Waals surface area contributed by atoms with Gasteiger partial charge in [0, 0.05) is 25.2 Å². The molecule has 1 amide bonds. The number of alkyl halides is 3. The number of benzene rings is 1. The molecule has 0 bridgehead atoms. The largest absolute Gasteiger partial charge is 0.497 e. The van der Waals surface area contributed by atoms with Crippen molar-refractivity contribution < 1.29 is 22.7 Å². The first-order valence-electron chi connectivity index (χ1n) is 9.54. The molecule has 0 unspecified atom stereocenters. The minimum atomic E-state index is -4.62. The summed E-state index contributed by atoms with van der Waals surface area (Å²) in [5.74, 6) is -0.586.